The molecule has 0 amide bonds. The second kappa shape index (κ2) is 5.04. The molecule has 0 fully saturated rings. The second-order valence-corrected chi connectivity index (χ2v) is 3.18. The molecule has 3 N–H and O–H groups in total. The highest BCUT2D eigenvalue weighted by atomic mass is 32.2. The van der Waals surface area contributed by atoms with Gasteiger partial charge in [-0.05, 0) is 17.7 Å². The van der Waals surface area contributed by atoms with Crippen molar-refractivity contribution in [2.24, 2.45) is 5.73 Å². The minimum atomic E-state index is -2.41. The minimum absolute atomic E-state index is 0.383. The summed E-state index contributed by atoms with van der Waals surface area (Å²) in [5.74, 6) is -2.41. The van der Waals surface area contributed by atoms with Gasteiger partial charge in [-0.1, -0.05) is 12.1 Å². The van der Waals surface area contributed by atoms with Crippen LogP contribution in [0.1, 0.15) is 5.56 Å². The van der Waals surface area contributed by atoms with Crippen LogP contribution in [0.25, 0.3) is 0 Å². The Morgan fingerprint density at radius 3 is 2.38 bits per heavy atom. The molecular formula is C8H10F2N2S. The van der Waals surface area contributed by atoms with Gasteiger partial charge in [-0.2, -0.15) is 8.78 Å². The molecule has 0 saturated heterocycles. The fourth-order valence-corrected chi connectivity index (χ4v) is 1.18. The van der Waals surface area contributed by atoms with Crippen LogP contribution in [0.15, 0.2) is 24.3 Å². The molecule has 13 heavy (non-hydrogen) atoms. The maximum absolute atomic E-state index is 11.7. The predicted octanol–water partition coefficient (Wildman–Crippen LogP) is 2.43. The Bertz CT molecular complexity index is 251. The number of anilines is 1. The molecule has 0 heterocycles. The summed E-state index contributed by atoms with van der Waals surface area (Å²) in [5, 5.41) is 0. The van der Waals surface area contributed by atoms with Crippen molar-refractivity contribution in [2.75, 3.05) is 4.72 Å². The molecule has 0 aliphatic rings. The monoisotopic (exact) mass is 204 g/mol. The third-order valence-corrected chi connectivity index (χ3v) is 1.99. The molecule has 1 rings (SSSR count). The lowest BCUT2D eigenvalue weighted by Gasteiger charge is -2.04. The summed E-state index contributed by atoms with van der Waals surface area (Å²) in [6.07, 6.45) is 0. The van der Waals surface area contributed by atoms with E-state index in [1.165, 1.54) is 0 Å². The first-order chi connectivity index (χ1) is 6.22. The van der Waals surface area contributed by atoms with E-state index in [0.717, 1.165) is 5.56 Å². The van der Waals surface area contributed by atoms with Crippen molar-refractivity contribution in [3.8, 4) is 0 Å². The Labute approximate surface area is 79.6 Å². The SMILES string of the molecule is NCc1ccc(NSC(F)F)cc1. The number of rotatable bonds is 4. The van der Waals surface area contributed by atoms with Crippen LogP contribution in [-0.2, 0) is 6.54 Å². The van der Waals surface area contributed by atoms with Gasteiger partial charge in [0.25, 0.3) is 0 Å². The highest BCUT2D eigenvalue weighted by Crippen LogP contribution is 2.18. The number of hydrogen-bond donors (Lipinski definition) is 2. The van der Waals surface area contributed by atoms with Crippen molar-refractivity contribution < 1.29 is 8.78 Å². The number of hydrogen-bond acceptors (Lipinski definition) is 3. The van der Waals surface area contributed by atoms with Gasteiger partial charge in [0.15, 0.2) is 0 Å². The van der Waals surface area contributed by atoms with E-state index in [-0.39, 0.29) is 0 Å². The Morgan fingerprint density at radius 1 is 1.31 bits per heavy atom. The Kier molecular flexibility index (Phi) is 3.98. The number of nitrogens with two attached hydrogens (primary N) is 1. The molecule has 72 valence electrons. The van der Waals surface area contributed by atoms with Crippen LogP contribution in [0.2, 0.25) is 0 Å². The van der Waals surface area contributed by atoms with E-state index in [1.807, 2.05) is 0 Å². The van der Waals surface area contributed by atoms with E-state index in [1.54, 1.807) is 24.3 Å². The summed E-state index contributed by atoms with van der Waals surface area (Å²) in [6, 6.07) is 7.04. The van der Waals surface area contributed by atoms with Crippen LogP contribution in [0.3, 0.4) is 0 Å². The van der Waals surface area contributed by atoms with Crippen molar-refractivity contribution in [2.45, 2.75) is 12.3 Å². The highest BCUT2D eigenvalue weighted by Gasteiger charge is 2.01. The van der Waals surface area contributed by atoms with E-state index in [2.05, 4.69) is 4.72 Å². The predicted molar refractivity (Wildman–Crippen MR) is 51.6 cm³/mol. The molecule has 1 aromatic carbocycles. The molecule has 0 aliphatic heterocycles. The zero-order valence-electron chi connectivity index (χ0n) is 6.84. The van der Waals surface area contributed by atoms with E-state index < -0.39 is 5.76 Å². The summed E-state index contributed by atoms with van der Waals surface area (Å²) in [5.41, 5.74) is 7.01. The van der Waals surface area contributed by atoms with Gasteiger partial charge in [0, 0.05) is 24.2 Å². The molecular weight excluding hydrogens is 194 g/mol. The number of nitrogens with one attached hydrogen (secondary N) is 1. The molecule has 0 spiro atoms. The summed E-state index contributed by atoms with van der Waals surface area (Å²) in [4.78, 5) is 0. The fourth-order valence-electron chi connectivity index (χ4n) is 0.821. The Morgan fingerprint density at radius 2 is 1.92 bits per heavy atom. The standard InChI is InChI=1S/C8H10F2N2S/c9-8(10)13-12-7-3-1-6(5-11)2-4-7/h1-4,8,12H,5,11H2. The van der Waals surface area contributed by atoms with Crippen molar-refractivity contribution in [3.05, 3.63) is 29.8 Å². The van der Waals surface area contributed by atoms with Crippen LogP contribution in [0, 0.1) is 0 Å². The molecule has 0 saturated carbocycles. The van der Waals surface area contributed by atoms with E-state index in [4.69, 9.17) is 5.73 Å². The third kappa shape index (κ3) is 3.61. The number of alkyl halides is 2. The Balaban J connectivity index is 2.49. The molecule has 0 radical (unpaired) electrons. The topological polar surface area (TPSA) is 38.0 Å². The number of halogens is 2. The summed E-state index contributed by atoms with van der Waals surface area (Å²) >= 11 is 0.383. The lowest BCUT2D eigenvalue weighted by molar-refractivity contribution is 0.252. The maximum atomic E-state index is 11.7. The van der Waals surface area contributed by atoms with E-state index in [0.29, 0.717) is 24.2 Å². The quantitative estimate of drug-likeness (QED) is 0.740. The maximum Gasteiger partial charge on any atom is 0.302 e. The average molecular weight is 204 g/mol. The Hall–Kier alpha value is -0.810. The van der Waals surface area contributed by atoms with Gasteiger partial charge in [0.05, 0.1) is 0 Å². The van der Waals surface area contributed by atoms with Gasteiger partial charge in [-0.15, -0.1) is 0 Å². The van der Waals surface area contributed by atoms with Crippen LogP contribution in [-0.4, -0.2) is 5.76 Å². The van der Waals surface area contributed by atoms with Crippen LogP contribution in [0.4, 0.5) is 14.5 Å². The van der Waals surface area contributed by atoms with Gasteiger partial charge in [-0.3, -0.25) is 0 Å². The minimum Gasteiger partial charge on any atom is -0.326 e. The molecule has 2 nitrogen and oxygen atoms in total. The highest BCUT2D eigenvalue weighted by molar-refractivity contribution is 8.00. The molecule has 0 aliphatic carbocycles. The molecule has 0 atom stereocenters. The zero-order chi connectivity index (χ0) is 9.68. The molecule has 0 aromatic heterocycles. The second-order valence-electron chi connectivity index (χ2n) is 2.38. The molecule has 0 unspecified atom stereocenters. The van der Waals surface area contributed by atoms with Gasteiger partial charge >= 0.3 is 5.76 Å². The fraction of sp³-hybridized carbons (Fsp3) is 0.250. The van der Waals surface area contributed by atoms with Gasteiger partial charge in [-0.25, -0.2) is 0 Å². The van der Waals surface area contributed by atoms with Crippen molar-refractivity contribution >= 4 is 17.6 Å². The third-order valence-electron chi connectivity index (χ3n) is 1.46. The van der Waals surface area contributed by atoms with E-state index in [9.17, 15) is 8.78 Å². The van der Waals surface area contributed by atoms with Crippen LogP contribution < -0.4 is 10.5 Å². The lowest BCUT2D eigenvalue weighted by atomic mass is 10.2. The summed E-state index contributed by atoms with van der Waals surface area (Å²) < 4.78 is 26.0. The number of benzene rings is 1. The van der Waals surface area contributed by atoms with Crippen LogP contribution in [0.5, 0.6) is 0 Å². The molecule has 5 heteroatoms. The first-order valence-corrected chi connectivity index (χ1v) is 4.59. The van der Waals surface area contributed by atoms with Gasteiger partial charge in [0.2, 0.25) is 0 Å². The zero-order valence-corrected chi connectivity index (χ0v) is 7.65. The smallest absolute Gasteiger partial charge is 0.302 e. The normalized spacial score (nSPS) is 10.5. The first kappa shape index (κ1) is 10.3. The summed E-state index contributed by atoms with van der Waals surface area (Å²) in [7, 11) is 0. The largest absolute Gasteiger partial charge is 0.326 e. The lowest BCUT2D eigenvalue weighted by Crippen LogP contribution is -1.96. The average Bonchev–Trinajstić information content (AvgIpc) is 2.15. The van der Waals surface area contributed by atoms with E-state index >= 15 is 0 Å². The van der Waals surface area contributed by atoms with Crippen molar-refractivity contribution in [3.63, 3.8) is 0 Å². The van der Waals surface area contributed by atoms with Crippen LogP contribution >= 0.6 is 11.9 Å². The molecule has 0 bridgehead atoms. The molecule has 1 aromatic rings. The van der Waals surface area contributed by atoms with Gasteiger partial charge in [0.1, 0.15) is 0 Å². The first-order valence-electron chi connectivity index (χ1n) is 3.71. The van der Waals surface area contributed by atoms with Crippen molar-refractivity contribution in [1.82, 2.24) is 0 Å². The van der Waals surface area contributed by atoms with Crippen molar-refractivity contribution in [1.29, 1.82) is 0 Å². The summed E-state index contributed by atoms with van der Waals surface area (Å²) in [6.45, 7) is 0.461. The van der Waals surface area contributed by atoms with Gasteiger partial charge < -0.3 is 10.5 Å².